The number of hydrogen-bond donors (Lipinski definition) is 1. The fraction of sp³-hybridized carbons (Fsp3) is 0.533. The first-order valence-electron chi connectivity index (χ1n) is 7.54. The van der Waals surface area contributed by atoms with Crippen molar-refractivity contribution in [3.8, 4) is 0 Å². The van der Waals surface area contributed by atoms with Crippen molar-refractivity contribution >= 4 is 21.1 Å². The highest BCUT2D eigenvalue weighted by atomic mass is 32.2. The number of aliphatic hydroxyl groups is 1. The second-order valence-electron chi connectivity index (χ2n) is 5.89. The molecule has 1 aliphatic heterocycles. The van der Waals surface area contributed by atoms with Crippen LogP contribution in [0, 0.1) is 0 Å². The highest BCUT2D eigenvalue weighted by Gasteiger charge is 2.36. The van der Waals surface area contributed by atoms with Gasteiger partial charge in [-0.05, 0) is 31.9 Å². The van der Waals surface area contributed by atoms with Gasteiger partial charge in [0.05, 0.1) is 35.3 Å². The first-order chi connectivity index (χ1) is 10.4. The molecule has 1 aliphatic rings. The molecule has 120 valence electrons. The number of rotatable bonds is 4. The Morgan fingerprint density at radius 2 is 1.95 bits per heavy atom. The van der Waals surface area contributed by atoms with Crippen molar-refractivity contribution in [1.29, 1.82) is 0 Å². The second kappa shape index (κ2) is 5.64. The normalized spacial score (nSPS) is 19.5. The number of benzene rings is 1. The molecule has 1 fully saturated rings. The number of sulfonamides is 1. The summed E-state index contributed by atoms with van der Waals surface area (Å²) in [6.07, 6.45) is 2.62. The highest BCUT2D eigenvalue weighted by molar-refractivity contribution is 7.89. The minimum Gasteiger partial charge on any atom is -0.388 e. The van der Waals surface area contributed by atoms with E-state index in [4.69, 9.17) is 0 Å². The molecular weight excluding hydrogens is 302 g/mol. The summed E-state index contributed by atoms with van der Waals surface area (Å²) in [5, 5.41) is 10.8. The van der Waals surface area contributed by atoms with Gasteiger partial charge in [-0.15, -0.1) is 0 Å². The van der Waals surface area contributed by atoms with E-state index in [1.54, 1.807) is 13.3 Å². The van der Waals surface area contributed by atoms with Crippen molar-refractivity contribution in [2.24, 2.45) is 0 Å². The summed E-state index contributed by atoms with van der Waals surface area (Å²) in [6, 6.07) is 7.79. The van der Waals surface area contributed by atoms with Crippen LogP contribution in [-0.2, 0) is 16.6 Å². The summed E-state index contributed by atoms with van der Waals surface area (Å²) in [4.78, 5) is 4.33. The topological polar surface area (TPSA) is 75.4 Å². The van der Waals surface area contributed by atoms with Gasteiger partial charge < -0.3 is 9.67 Å². The summed E-state index contributed by atoms with van der Waals surface area (Å²) in [5.41, 5.74) is 1.00. The van der Waals surface area contributed by atoms with Crippen molar-refractivity contribution in [1.82, 2.24) is 13.9 Å². The Kier molecular flexibility index (Phi) is 3.96. The minimum atomic E-state index is -3.17. The van der Waals surface area contributed by atoms with Crippen LogP contribution in [0.1, 0.15) is 19.8 Å². The SMILES string of the molecule is CCS(=O)(=O)N1CCC(O)(Cn2cnc3ccccc32)CC1. The van der Waals surface area contributed by atoms with Gasteiger partial charge in [0.2, 0.25) is 10.0 Å². The second-order valence-corrected chi connectivity index (χ2v) is 8.14. The molecule has 1 saturated heterocycles. The average Bonchev–Trinajstić information content (AvgIpc) is 2.90. The Morgan fingerprint density at radius 1 is 1.27 bits per heavy atom. The van der Waals surface area contributed by atoms with E-state index in [9.17, 15) is 13.5 Å². The zero-order valence-corrected chi connectivity index (χ0v) is 13.5. The number of piperidine rings is 1. The lowest BCUT2D eigenvalue weighted by Crippen LogP contribution is -2.48. The summed E-state index contributed by atoms with van der Waals surface area (Å²) >= 11 is 0. The lowest BCUT2D eigenvalue weighted by Gasteiger charge is -2.37. The Hall–Kier alpha value is -1.44. The maximum absolute atomic E-state index is 11.9. The summed E-state index contributed by atoms with van der Waals surface area (Å²) in [5.74, 6) is 0.109. The molecule has 0 amide bonds. The van der Waals surface area contributed by atoms with Crippen molar-refractivity contribution in [3.63, 3.8) is 0 Å². The predicted molar refractivity (Wildman–Crippen MR) is 85.0 cm³/mol. The van der Waals surface area contributed by atoms with Crippen molar-refractivity contribution < 1.29 is 13.5 Å². The van der Waals surface area contributed by atoms with Gasteiger partial charge >= 0.3 is 0 Å². The number of nitrogens with zero attached hydrogens (tertiary/aromatic N) is 3. The fourth-order valence-electron chi connectivity index (χ4n) is 2.97. The van der Waals surface area contributed by atoms with E-state index < -0.39 is 15.6 Å². The van der Waals surface area contributed by atoms with Crippen LogP contribution >= 0.6 is 0 Å². The first kappa shape index (κ1) is 15.5. The zero-order valence-electron chi connectivity index (χ0n) is 12.6. The largest absolute Gasteiger partial charge is 0.388 e. The van der Waals surface area contributed by atoms with E-state index in [2.05, 4.69) is 4.98 Å². The van der Waals surface area contributed by atoms with Gasteiger partial charge in [0, 0.05) is 13.1 Å². The van der Waals surface area contributed by atoms with E-state index in [1.807, 2.05) is 28.8 Å². The molecule has 6 nitrogen and oxygen atoms in total. The van der Waals surface area contributed by atoms with Crippen LogP contribution in [0.2, 0.25) is 0 Å². The Labute approximate surface area is 130 Å². The summed E-state index contributed by atoms with van der Waals surface area (Å²) in [7, 11) is -3.17. The van der Waals surface area contributed by atoms with Gasteiger partial charge in [-0.1, -0.05) is 12.1 Å². The zero-order chi connectivity index (χ0) is 15.8. The van der Waals surface area contributed by atoms with Gasteiger partial charge in [-0.2, -0.15) is 0 Å². The van der Waals surface area contributed by atoms with E-state index in [0.717, 1.165) is 11.0 Å². The minimum absolute atomic E-state index is 0.109. The molecule has 2 aromatic rings. The van der Waals surface area contributed by atoms with E-state index >= 15 is 0 Å². The highest BCUT2D eigenvalue weighted by Crippen LogP contribution is 2.27. The maximum atomic E-state index is 11.9. The molecular formula is C15H21N3O3S. The lowest BCUT2D eigenvalue weighted by molar-refractivity contribution is -0.0185. The van der Waals surface area contributed by atoms with E-state index in [1.165, 1.54) is 4.31 Å². The van der Waals surface area contributed by atoms with E-state index in [-0.39, 0.29) is 5.75 Å². The van der Waals surface area contributed by atoms with Crippen molar-refractivity contribution in [2.45, 2.75) is 31.9 Å². The molecule has 0 atom stereocenters. The Bertz CT molecular complexity index is 761. The molecule has 0 spiro atoms. The van der Waals surface area contributed by atoms with Crippen LogP contribution in [0.15, 0.2) is 30.6 Å². The number of imidazole rings is 1. The number of para-hydroxylation sites is 2. The molecule has 3 rings (SSSR count). The molecule has 1 aromatic carbocycles. The van der Waals surface area contributed by atoms with E-state index in [0.29, 0.717) is 32.5 Å². The van der Waals surface area contributed by atoms with Gasteiger partial charge in [0.1, 0.15) is 0 Å². The summed E-state index contributed by atoms with van der Waals surface area (Å²) < 4.78 is 27.2. The van der Waals surface area contributed by atoms with Gasteiger partial charge in [0.15, 0.2) is 0 Å². The molecule has 7 heteroatoms. The predicted octanol–water partition coefficient (Wildman–Crippen LogP) is 1.21. The smallest absolute Gasteiger partial charge is 0.213 e. The number of hydrogen-bond acceptors (Lipinski definition) is 4. The molecule has 0 saturated carbocycles. The molecule has 0 aliphatic carbocycles. The molecule has 1 N–H and O–H groups in total. The fourth-order valence-corrected chi connectivity index (χ4v) is 4.08. The molecule has 2 heterocycles. The molecule has 1 aromatic heterocycles. The van der Waals surface area contributed by atoms with Gasteiger partial charge in [-0.25, -0.2) is 17.7 Å². The standard InChI is InChI=1S/C15H21N3O3S/c1-2-22(20,21)18-9-7-15(19,8-10-18)11-17-12-16-13-5-3-4-6-14(13)17/h3-6,12,19H,2,7-11H2,1H3. The molecule has 22 heavy (non-hydrogen) atoms. The third-order valence-corrected chi connectivity index (χ3v) is 6.28. The van der Waals surface area contributed by atoms with Crippen LogP contribution in [-0.4, -0.2) is 51.8 Å². The first-order valence-corrected chi connectivity index (χ1v) is 9.14. The van der Waals surface area contributed by atoms with Crippen LogP contribution in [0.3, 0.4) is 0 Å². The molecule has 0 radical (unpaired) electrons. The van der Waals surface area contributed by atoms with Crippen LogP contribution in [0.5, 0.6) is 0 Å². The average molecular weight is 323 g/mol. The Morgan fingerprint density at radius 3 is 2.64 bits per heavy atom. The van der Waals surface area contributed by atoms with Gasteiger partial charge in [-0.3, -0.25) is 0 Å². The number of aromatic nitrogens is 2. The third-order valence-electron chi connectivity index (χ3n) is 4.40. The molecule has 0 bridgehead atoms. The van der Waals surface area contributed by atoms with Crippen molar-refractivity contribution in [3.05, 3.63) is 30.6 Å². The lowest BCUT2D eigenvalue weighted by atomic mass is 9.92. The van der Waals surface area contributed by atoms with Crippen LogP contribution in [0.25, 0.3) is 11.0 Å². The number of fused-ring (bicyclic) bond motifs is 1. The summed E-state index contributed by atoms with van der Waals surface area (Å²) in [6.45, 7) is 2.83. The molecule has 0 unspecified atom stereocenters. The van der Waals surface area contributed by atoms with Crippen LogP contribution in [0.4, 0.5) is 0 Å². The Balaban J connectivity index is 1.74. The third kappa shape index (κ3) is 2.88. The maximum Gasteiger partial charge on any atom is 0.213 e. The monoisotopic (exact) mass is 323 g/mol. The van der Waals surface area contributed by atoms with Crippen LogP contribution < -0.4 is 0 Å². The van der Waals surface area contributed by atoms with Gasteiger partial charge in [0.25, 0.3) is 0 Å². The quantitative estimate of drug-likeness (QED) is 0.918. The van der Waals surface area contributed by atoms with Crippen molar-refractivity contribution in [2.75, 3.05) is 18.8 Å².